The van der Waals surface area contributed by atoms with Crippen molar-refractivity contribution in [3.05, 3.63) is 57.9 Å². The van der Waals surface area contributed by atoms with E-state index in [1.54, 1.807) is 17.1 Å². The van der Waals surface area contributed by atoms with E-state index in [2.05, 4.69) is 4.98 Å². The first kappa shape index (κ1) is 12.5. The number of imidazole rings is 1. The molecule has 5 nitrogen and oxygen atoms in total. The Morgan fingerprint density at radius 2 is 2.28 bits per heavy atom. The van der Waals surface area contributed by atoms with Crippen LogP contribution in [0.25, 0.3) is 0 Å². The predicted octanol–water partition coefficient (Wildman–Crippen LogP) is 2.72. The highest BCUT2D eigenvalue weighted by Crippen LogP contribution is 2.18. The van der Waals surface area contributed by atoms with E-state index in [0.29, 0.717) is 18.0 Å². The van der Waals surface area contributed by atoms with Crippen molar-refractivity contribution in [1.29, 1.82) is 0 Å². The molecule has 0 bridgehead atoms. The van der Waals surface area contributed by atoms with Crippen LogP contribution in [-0.2, 0) is 12.4 Å². The van der Waals surface area contributed by atoms with E-state index >= 15 is 0 Å². The Morgan fingerprint density at radius 1 is 1.50 bits per heavy atom. The highest BCUT2D eigenvalue weighted by molar-refractivity contribution is 6.16. The van der Waals surface area contributed by atoms with Gasteiger partial charge in [0.15, 0.2) is 0 Å². The van der Waals surface area contributed by atoms with Gasteiger partial charge in [0.1, 0.15) is 0 Å². The summed E-state index contributed by atoms with van der Waals surface area (Å²) in [5.41, 5.74) is 0.821. The second kappa shape index (κ2) is 5.14. The van der Waals surface area contributed by atoms with Crippen molar-refractivity contribution in [2.75, 3.05) is 0 Å². The third kappa shape index (κ3) is 2.65. The fourth-order valence-corrected chi connectivity index (χ4v) is 1.71. The summed E-state index contributed by atoms with van der Waals surface area (Å²) in [6.07, 6.45) is 3.32. The average molecular weight is 270 g/mol. The lowest BCUT2D eigenvalue weighted by Gasteiger charge is -2.02. The first-order valence-electron chi connectivity index (χ1n) is 5.09. The molecule has 1 aromatic heterocycles. The molecule has 18 heavy (non-hydrogen) atoms. The number of nitro groups is 1. The lowest BCUT2D eigenvalue weighted by atomic mass is 10.2. The smallest absolute Gasteiger partial charge is 0.304 e. The molecule has 0 fully saturated rings. The number of hydrogen-bond acceptors (Lipinski definition) is 3. The molecular formula is C11H9ClFN3O2. The molecule has 0 saturated heterocycles. The van der Waals surface area contributed by atoms with Gasteiger partial charge in [0.05, 0.1) is 22.8 Å². The van der Waals surface area contributed by atoms with Crippen molar-refractivity contribution in [3.8, 4) is 0 Å². The zero-order valence-electron chi connectivity index (χ0n) is 9.22. The first-order chi connectivity index (χ1) is 8.60. The maximum atomic E-state index is 13.4. The summed E-state index contributed by atoms with van der Waals surface area (Å²) >= 11 is 5.61. The predicted molar refractivity (Wildman–Crippen MR) is 63.9 cm³/mol. The van der Waals surface area contributed by atoms with Gasteiger partial charge in [0.25, 0.3) is 0 Å². The van der Waals surface area contributed by atoms with Crippen molar-refractivity contribution in [1.82, 2.24) is 9.55 Å². The molecule has 0 N–H and O–H groups in total. The number of nitro benzene ring substituents is 1. The van der Waals surface area contributed by atoms with Crippen LogP contribution in [-0.4, -0.2) is 14.5 Å². The molecule has 1 heterocycles. The summed E-state index contributed by atoms with van der Waals surface area (Å²) in [5.74, 6) is -0.531. The molecular weight excluding hydrogens is 261 g/mol. The molecule has 0 radical (unpaired) electrons. The monoisotopic (exact) mass is 269 g/mol. The van der Waals surface area contributed by atoms with Crippen LogP contribution in [0.15, 0.2) is 30.7 Å². The third-order valence-corrected chi connectivity index (χ3v) is 2.67. The lowest BCUT2D eigenvalue weighted by molar-refractivity contribution is -0.387. The number of hydrogen-bond donors (Lipinski definition) is 0. The van der Waals surface area contributed by atoms with Crippen LogP contribution in [0, 0.1) is 15.9 Å². The van der Waals surface area contributed by atoms with Crippen molar-refractivity contribution < 1.29 is 9.31 Å². The molecule has 0 aliphatic heterocycles. The van der Waals surface area contributed by atoms with Gasteiger partial charge in [-0.05, 0) is 11.6 Å². The van der Waals surface area contributed by atoms with Crippen LogP contribution >= 0.6 is 11.6 Å². The fourth-order valence-electron chi connectivity index (χ4n) is 1.57. The van der Waals surface area contributed by atoms with Gasteiger partial charge in [-0.15, -0.1) is 11.6 Å². The van der Waals surface area contributed by atoms with Crippen LogP contribution in [0.1, 0.15) is 11.3 Å². The van der Waals surface area contributed by atoms with E-state index in [4.69, 9.17) is 11.6 Å². The maximum absolute atomic E-state index is 13.4. The minimum Gasteiger partial charge on any atom is -0.333 e. The number of halogens is 2. The Morgan fingerprint density at radius 3 is 2.83 bits per heavy atom. The van der Waals surface area contributed by atoms with E-state index < -0.39 is 16.4 Å². The van der Waals surface area contributed by atoms with Crippen LogP contribution < -0.4 is 0 Å². The largest absolute Gasteiger partial charge is 0.333 e. The van der Waals surface area contributed by atoms with Gasteiger partial charge in [-0.3, -0.25) is 10.1 Å². The first-order valence-corrected chi connectivity index (χ1v) is 5.63. The van der Waals surface area contributed by atoms with E-state index in [0.717, 1.165) is 17.8 Å². The molecule has 0 atom stereocenters. The molecule has 2 rings (SSSR count). The highest BCUT2D eigenvalue weighted by Gasteiger charge is 2.13. The van der Waals surface area contributed by atoms with Gasteiger partial charge in [0.2, 0.25) is 5.82 Å². The van der Waals surface area contributed by atoms with Crippen molar-refractivity contribution in [2.45, 2.75) is 12.4 Å². The number of aromatic nitrogens is 2. The Bertz CT molecular complexity index is 585. The molecule has 7 heteroatoms. The molecule has 0 spiro atoms. The quantitative estimate of drug-likeness (QED) is 0.487. The molecule has 0 aliphatic carbocycles. The van der Waals surface area contributed by atoms with Gasteiger partial charge in [-0.1, -0.05) is 6.07 Å². The minimum absolute atomic E-state index is 0.307. The standard InChI is InChI=1S/C11H9ClFN3O2/c12-4-9-6-15(7-14-9)5-8-1-2-11(16(17)18)10(13)3-8/h1-3,6-7H,4-5H2. The topological polar surface area (TPSA) is 61.0 Å². The molecule has 0 amide bonds. The summed E-state index contributed by atoms with van der Waals surface area (Å²) in [7, 11) is 0. The van der Waals surface area contributed by atoms with Crippen molar-refractivity contribution >= 4 is 17.3 Å². The SMILES string of the molecule is O=[N+]([O-])c1ccc(Cn2cnc(CCl)c2)cc1F. The number of rotatable bonds is 4. The summed E-state index contributed by atoms with van der Waals surface area (Å²) in [6, 6.07) is 3.82. The van der Waals surface area contributed by atoms with Crippen LogP contribution in [0.2, 0.25) is 0 Å². The summed E-state index contributed by atoms with van der Waals surface area (Å²) in [4.78, 5) is 13.7. The summed E-state index contributed by atoms with van der Waals surface area (Å²) < 4.78 is 15.1. The Hall–Kier alpha value is -1.95. The Balaban J connectivity index is 2.19. The van der Waals surface area contributed by atoms with Gasteiger partial charge in [-0.2, -0.15) is 4.39 Å². The molecule has 0 unspecified atom stereocenters. The molecule has 0 saturated carbocycles. The van der Waals surface area contributed by atoms with Gasteiger partial charge in [-0.25, -0.2) is 4.98 Å². The summed E-state index contributed by atoms with van der Waals surface area (Å²) in [6.45, 7) is 0.388. The summed E-state index contributed by atoms with van der Waals surface area (Å²) in [5, 5.41) is 10.5. The van der Waals surface area contributed by atoms with Gasteiger partial charge in [0, 0.05) is 18.8 Å². The zero-order chi connectivity index (χ0) is 13.1. The van der Waals surface area contributed by atoms with Crippen molar-refractivity contribution in [2.24, 2.45) is 0 Å². The van der Waals surface area contributed by atoms with Crippen molar-refractivity contribution in [3.63, 3.8) is 0 Å². The molecule has 0 aliphatic rings. The number of alkyl halides is 1. The third-order valence-electron chi connectivity index (χ3n) is 2.40. The maximum Gasteiger partial charge on any atom is 0.304 e. The fraction of sp³-hybridized carbons (Fsp3) is 0.182. The minimum atomic E-state index is -0.838. The van der Waals surface area contributed by atoms with Crippen LogP contribution in [0.3, 0.4) is 0 Å². The second-order valence-electron chi connectivity index (χ2n) is 3.71. The van der Waals surface area contributed by atoms with Gasteiger partial charge < -0.3 is 4.57 Å². The van der Waals surface area contributed by atoms with E-state index in [1.165, 1.54) is 6.07 Å². The molecule has 94 valence electrons. The van der Waals surface area contributed by atoms with Crippen LogP contribution in [0.4, 0.5) is 10.1 Å². The number of nitrogens with zero attached hydrogens (tertiary/aromatic N) is 3. The second-order valence-corrected chi connectivity index (χ2v) is 3.98. The molecule has 1 aromatic carbocycles. The molecule has 2 aromatic rings. The zero-order valence-corrected chi connectivity index (χ0v) is 9.97. The number of benzene rings is 1. The van der Waals surface area contributed by atoms with E-state index in [9.17, 15) is 14.5 Å². The lowest BCUT2D eigenvalue weighted by Crippen LogP contribution is -1.99. The Kier molecular flexibility index (Phi) is 3.57. The van der Waals surface area contributed by atoms with E-state index in [-0.39, 0.29) is 0 Å². The average Bonchev–Trinajstić information content (AvgIpc) is 2.76. The normalized spacial score (nSPS) is 10.6. The Labute approximate surface area is 107 Å². The van der Waals surface area contributed by atoms with E-state index in [1.807, 2.05) is 0 Å². The highest BCUT2D eigenvalue weighted by atomic mass is 35.5. The van der Waals surface area contributed by atoms with Crippen LogP contribution in [0.5, 0.6) is 0 Å². The van der Waals surface area contributed by atoms with Gasteiger partial charge >= 0.3 is 5.69 Å².